The van der Waals surface area contributed by atoms with Crippen molar-refractivity contribution in [3.05, 3.63) is 93.2 Å². The minimum absolute atomic E-state index is 0.103. The van der Waals surface area contributed by atoms with Gasteiger partial charge in [0.25, 0.3) is 5.91 Å². The van der Waals surface area contributed by atoms with Crippen molar-refractivity contribution in [1.29, 1.82) is 0 Å². The number of nitrogens with one attached hydrogen (secondary N) is 2. The fourth-order valence-corrected chi connectivity index (χ4v) is 3.59. The molecule has 0 saturated carbocycles. The molecule has 14 heteroatoms. The van der Waals surface area contributed by atoms with Gasteiger partial charge in [0.1, 0.15) is 11.7 Å². The third-order valence-electron chi connectivity index (χ3n) is 4.61. The van der Waals surface area contributed by atoms with E-state index in [1.165, 1.54) is 18.5 Å². The molecule has 0 aliphatic carbocycles. The Morgan fingerprint density at radius 3 is 2.11 bits per heavy atom. The summed E-state index contributed by atoms with van der Waals surface area (Å²) >= 11 is 11.5. The molecule has 0 aliphatic rings. The molecule has 0 bridgehead atoms. The van der Waals surface area contributed by atoms with Gasteiger partial charge in [0.2, 0.25) is 5.95 Å². The lowest BCUT2D eigenvalue weighted by Gasteiger charge is -2.19. The molecular weight excluding hydrogens is 540 g/mol. The summed E-state index contributed by atoms with van der Waals surface area (Å²) in [4.78, 5) is 19.7. The molecule has 1 aromatic heterocycles. The molecule has 2 aromatic carbocycles. The van der Waals surface area contributed by atoms with Crippen LogP contribution < -0.4 is 10.9 Å². The summed E-state index contributed by atoms with van der Waals surface area (Å²) in [6, 6.07) is 6.05. The standard InChI is InChI=1S/C22H13Cl2F7N4O/c23-13-6-12(7-14(24)9-13)16(21(26,27)28)10-18(25)11-2-3-15(17(8-11)22(29,30)31)19(36)34-35-20-32-4-1-5-33-20/h1-10,16H,(H,34,36)(H,32,33,35)/b18-10-. The number of rotatable bonds is 6. The summed E-state index contributed by atoms with van der Waals surface area (Å²) in [5.41, 5.74) is 0.325. The molecule has 0 spiro atoms. The van der Waals surface area contributed by atoms with Gasteiger partial charge in [0.15, 0.2) is 0 Å². The van der Waals surface area contributed by atoms with Crippen LogP contribution in [0.25, 0.3) is 5.83 Å². The van der Waals surface area contributed by atoms with E-state index in [0.717, 1.165) is 24.3 Å². The quantitative estimate of drug-likeness (QED) is 0.250. The monoisotopic (exact) mass is 552 g/mol. The van der Waals surface area contributed by atoms with E-state index < -0.39 is 52.3 Å². The van der Waals surface area contributed by atoms with Crippen LogP contribution in [0.3, 0.4) is 0 Å². The van der Waals surface area contributed by atoms with Crippen LogP contribution in [0, 0.1) is 0 Å². The first-order chi connectivity index (χ1) is 16.8. The molecule has 1 unspecified atom stereocenters. The Balaban J connectivity index is 1.97. The van der Waals surface area contributed by atoms with Crippen molar-refractivity contribution in [3.63, 3.8) is 0 Å². The first kappa shape index (κ1) is 27.2. The molecule has 190 valence electrons. The minimum atomic E-state index is -5.14. The summed E-state index contributed by atoms with van der Waals surface area (Å²) in [7, 11) is 0. The van der Waals surface area contributed by atoms with Crippen LogP contribution in [0.2, 0.25) is 10.0 Å². The molecule has 3 aromatic rings. The number of anilines is 1. The van der Waals surface area contributed by atoms with Gasteiger partial charge in [0, 0.05) is 28.0 Å². The number of aromatic nitrogens is 2. The average Bonchev–Trinajstić information content (AvgIpc) is 2.79. The highest BCUT2D eigenvalue weighted by molar-refractivity contribution is 6.34. The summed E-state index contributed by atoms with van der Waals surface area (Å²) < 4.78 is 96.8. The minimum Gasteiger partial charge on any atom is -0.267 e. The second kappa shape index (κ2) is 10.7. The predicted octanol–water partition coefficient (Wildman–Crippen LogP) is 7.22. The zero-order valence-electron chi connectivity index (χ0n) is 17.6. The maximum Gasteiger partial charge on any atom is 0.417 e. The third kappa shape index (κ3) is 6.85. The van der Waals surface area contributed by atoms with Crippen molar-refractivity contribution >= 4 is 40.9 Å². The third-order valence-corrected chi connectivity index (χ3v) is 5.05. The lowest BCUT2D eigenvalue weighted by Crippen LogP contribution is -2.32. The highest BCUT2D eigenvalue weighted by atomic mass is 35.5. The van der Waals surface area contributed by atoms with Crippen LogP contribution >= 0.6 is 23.2 Å². The SMILES string of the molecule is O=C(NNc1ncccn1)c1ccc(/C(F)=C/C(c2cc(Cl)cc(Cl)c2)C(F)(F)F)cc1C(F)(F)F. The number of benzene rings is 2. The molecule has 3 rings (SSSR count). The number of amides is 1. The fourth-order valence-electron chi connectivity index (χ4n) is 3.05. The van der Waals surface area contributed by atoms with Gasteiger partial charge in [-0.2, -0.15) is 26.3 Å². The maximum atomic E-state index is 14.9. The number of carbonyl (C=O) groups is 1. The van der Waals surface area contributed by atoms with E-state index in [-0.39, 0.29) is 28.1 Å². The summed E-state index contributed by atoms with van der Waals surface area (Å²) in [6.45, 7) is 0. The van der Waals surface area contributed by atoms with E-state index in [1.54, 1.807) is 0 Å². The van der Waals surface area contributed by atoms with Gasteiger partial charge < -0.3 is 0 Å². The number of allylic oxidation sites excluding steroid dienone is 1. The van der Waals surface area contributed by atoms with E-state index >= 15 is 0 Å². The lowest BCUT2D eigenvalue weighted by atomic mass is 9.95. The predicted molar refractivity (Wildman–Crippen MR) is 119 cm³/mol. The molecule has 36 heavy (non-hydrogen) atoms. The molecule has 0 fully saturated rings. The maximum absolute atomic E-state index is 14.9. The Labute approximate surface area is 208 Å². The fraction of sp³-hybridized carbons (Fsp3) is 0.136. The van der Waals surface area contributed by atoms with Crippen molar-refractivity contribution in [2.45, 2.75) is 18.3 Å². The van der Waals surface area contributed by atoms with Crippen LogP contribution in [0.1, 0.15) is 33.0 Å². The molecular formula is C22H13Cl2F7N4O. The van der Waals surface area contributed by atoms with E-state index in [0.29, 0.717) is 6.07 Å². The van der Waals surface area contributed by atoms with Crippen LogP contribution in [-0.4, -0.2) is 22.1 Å². The smallest absolute Gasteiger partial charge is 0.267 e. The summed E-state index contributed by atoms with van der Waals surface area (Å²) in [5, 5.41) is -0.297. The zero-order valence-corrected chi connectivity index (χ0v) is 19.1. The van der Waals surface area contributed by atoms with E-state index in [4.69, 9.17) is 23.2 Å². The largest absolute Gasteiger partial charge is 0.417 e. The van der Waals surface area contributed by atoms with Crippen LogP contribution in [0.5, 0.6) is 0 Å². The van der Waals surface area contributed by atoms with Gasteiger partial charge in [-0.05, 0) is 48.0 Å². The normalized spacial score (nSPS) is 13.3. The summed E-state index contributed by atoms with van der Waals surface area (Å²) in [6.07, 6.45) is -7.46. The van der Waals surface area contributed by atoms with Crippen molar-refractivity contribution in [2.75, 3.05) is 5.43 Å². The first-order valence-corrected chi connectivity index (χ1v) is 10.5. The number of alkyl halides is 6. The molecule has 2 N–H and O–H groups in total. The lowest BCUT2D eigenvalue weighted by molar-refractivity contribution is -0.140. The number of hydrazine groups is 1. The number of carbonyl (C=O) groups excluding carboxylic acids is 1. The van der Waals surface area contributed by atoms with Crippen LogP contribution in [-0.2, 0) is 6.18 Å². The van der Waals surface area contributed by atoms with Crippen LogP contribution in [0.4, 0.5) is 36.7 Å². The van der Waals surface area contributed by atoms with Gasteiger partial charge in [-0.1, -0.05) is 29.3 Å². The van der Waals surface area contributed by atoms with E-state index in [1.807, 2.05) is 5.43 Å². The summed E-state index contributed by atoms with van der Waals surface area (Å²) in [5.74, 6) is -5.57. The van der Waals surface area contributed by atoms with Gasteiger partial charge in [-0.25, -0.2) is 14.4 Å². The van der Waals surface area contributed by atoms with Crippen molar-refractivity contribution in [3.8, 4) is 0 Å². The van der Waals surface area contributed by atoms with Crippen molar-refractivity contribution in [1.82, 2.24) is 15.4 Å². The van der Waals surface area contributed by atoms with Gasteiger partial charge in [-0.15, -0.1) is 0 Å². The average molecular weight is 553 g/mol. The Bertz CT molecular complexity index is 1260. The number of nitrogens with zero attached hydrogens (tertiary/aromatic N) is 2. The van der Waals surface area contributed by atoms with Crippen molar-refractivity contribution < 1.29 is 35.5 Å². The van der Waals surface area contributed by atoms with Gasteiger partial charge in [0.05, 0.1) is 11.1 Å². The zero-order chi connectivity index (χ0) is 26.7. The first-order valence-electron chi connectivity index (χ1n) is 9.70. The molecule has 0 radical (unpaired) electrons. The molecule has 0 aliphatic heterocycles. The Morgan fingerprint density at radius 1 is 0.944 bits per heavy atom. The second-order valence-corrected chi connectivity index (χ2v) is 8.02. The highest BCUT2D eigenvalue weighted by Gasteiger charge is 2.40. The van der Waals surface area contributed by atoms with Gasteiger partial charge >= 0.3 is 12.4 Å². The second-order valence-electron chi connectivity index (χ2n) is 7.15. The molecule has 1 heterocycles. The Morgan fingerprint density at radius 2 is 1.56 bits per heavy atom. The van der Waals surface area contributed by atoms with E-state index in [9.17, 15) is 35.5 Å². The molecule has 5 nitrogen and oxygen atoms in total. The molecule has 1 atom stereocenters. The highest BCUT2D eigenvalue weighted by Crippen LogP contribution is 2.41. The Hall–Kier alpha value is -3.38. The topological polar surface area (TPSA) is 66.9 Å². The number of hydrogen-bond donors (Lipinski definition) is 2. The van der Waals surface area contributed by atoms with Gasteiger partial charge in [-0.3, -0.25) is 15.6 Å². The Kier molecular flexibility index (Phi) is 8.09. The van der Waals surface area contributed by atoms with Crippen LogP contribution in [0.15, 0.2) is 60.9 Å². The van der Waals surface area contributed by atoms with E-state index in [2.05, 4.69) is 15.4 Å². The molecule has 1 amide bonds. The number of hydrogen-bond acceptors (Lipinski definition) is 4. The molecule has 0 saturated heterocycles. The number of halogens is 9. The van der Waals surface area contributed by atoms with Crippen molar-refractivity contribution in [2.24, 2.45) is 0 Å².